The standard InChI is InChI=1S/C21H34O/c1-3-4-5-6-7-8-9-10-11-12-13-16-19-22-21-18-15-14-17-20(21)2/h14-19H,3-13H2,1-2H3. The molecule has 0 aliphatic heterocycles. The van der Waals surface area contributed by atoms with Gasteiger partial charge in [-0.15, -0.1) is 0 Å². The van der Waals surface area contributed by atoms with Crippen LogP contribution < -0.4 is 4.74 Å². The van der Waals surface area contributed by atoms with E-state index in [9.17, 15) is 0 Å². The first kappa shape index (κ1) is 18.8. The molecule has 1 nitrogen and oxygen atoms in total. The van der Waals surface area contributed by atoms with E-state index in [0.29, 0.717) is 0 Å². The summed E-state index contributed by atoms with van der Waals surface area (Å²) >= 11 is 0. The second-order valence-electron chi connectivity index (χ2n) is 6.23. The van der Waals surface area contributed by atoms with Gasteiger partial charge in [-0.1, -0.05) is 82.9 Å². The lowest BCUT2D eigenvalue weighted by atomic mass is 10.1. The molecule has 124 valence electrons. The Bertz CT molecular complexity index is 395. The molecule has 0 unspecified atom stereocenters. The zero-order valence-electron chi connectivity index (χ0n) is 14.7. The third kappa shape index (κ3) is 9.65. The number of hydrogen-bond acceptors (Lipinski definition) is 1. The minimum Gasteiger partial charge on any atom is -0.465 e. The average molecular weight is 303 g/mol. The van der Waals surface area contributed by atoms with Crippen molar-refractivity contribution in [3.63, 3.8) is 0 Å². The molecule has 1 heteroatoms. The molecule has 0 aliphatic carbocycles. The largest absolute Gasteiger partial charge is 0.465 e. The van der Waals surface area contributed by atoms with E-state index in [1.807, 2.05) is 24.5 Å². The Kier molecular flexibility index (Phi) is 11.5. The smallest absolute Gasteiger partial charge is 0.129 e. The van der Waals surface area contributed by atoms with E-state index in [2.05, 4.69) is 26.0 Å². The van der Waals surface area contributed by atoms with Crippen LogP contribution in [0.3, 0.4) is 0 Å². The summed E-state index contributed by atoms with van der Waals surface area (Å²) in [5, 5.41) is 0. The van der Waals surface area contributed by atoms with E-state index < -0.39 is 0 Å². The average Bonchev–Trinajstić information content (AvgIpc) is 2.53. The van der Waals surface area contributed by atoms with Crippen molar-refractivity contribution in [2.45, 2.75) is 84.5 Å². The van der Waals surface area contributed by atoms with Gasteiger partial charge >= 0.3 is 0 Å². The van der Waals surface area contributed by atoms with Gasteiger partial charge in [-0.2, -0.15) is 0 Å². The van der Waals surface area contributed by atoms with Gasteiger partial charge in [0.05, 0.1) is 6.26 Å². The van der Waals surface area contributed by atoms with Crippen LogP contribution in [0.4, 0.5) is 0 Å². The number of para-hydroxylation sites is 1. The van der Waals surface area contributed by atoms with Crippen molar-refractivity contribution in [2.75, 3.05) is 0 Å². The summed E-state index contributed by atoms with van der Waals surface area (Å²) < 4.78 is 5.65. The molecule has 0 spiro atoms. The molecule has 0 saturated carbocycles. The zero-order chi connectivity index (χ0) is 15.9. The number of aryl methyl sites for hydroxylation is 1. The first-order valence-corrected chi connectivity index (χ1v) is 9.22. The van der Waals surface area contributed by atoms with Crippen molar-refractivity contribution in [1.82, 2.24) is 0 Å². The molecule has 1 aromatic rings. The van der Waals surface area contributed by atoms with Crippen LogP contribution in [0.1, 0.15) is 83.1 Å². The highest BCUT2D eigenvalue weighted by atomic mass is 16.5. The van der Waals surface area contributed by atoms with E-state index in [1.54, 1.807) is 0 Å². The van der Waals surface area contributed by atoms with Crippen LogP contribution in [0.5, 0.6) is 5.75 Å². The van der Waals surface area contributed by atoms with E-state index >= 15 is 0 Å². The maximum absolute atomic E-state index is 5.65. The molecule has 0 atom stereocenters. The Morgan fingerprint density at radius 2 is 1.41 bits per heavy atom. The predicted molar refractivity (Wildman–Crippen MR) is 97.4 cm³/mol. The van der Waals surface area contributed by atoms with E-state index in [-0.39, 0.29) is 0 Å². The SMILES string of the molecule is CCCCCCCCCCCCC=COc1ccccc1C. The summed E-state index contributed by atoms with van der Waals surface area (Å²) in [6.07, 6.45) is 19.0. The molecule has 0 heterocycles. The lowest BCUT2D eigenvalue weighted by molar-refractivity contribution is 0.473. The first-order chi connectivity index (χ1) is 10.8. The molecule has 22 heavy (non-hydrogen) atoms. The lowest BCUT2D eigenvalue weighted by Crippen LogP contribution is -1.85. The van der Waals surface area contributed by atoms with Crippen molar-refractivity contribution >= 4 is 0 Å². The van der Waals surface area contributed by atoms with Gasteiger partial charge in [-0.3, -0.25) is 0 Å². The second kappa shape index (κ2) is 13.4. The summed E-state index contributed by atoms with van der Waals surface area (Å²) in [6.45, 7) is 4.35. The molecule has 1 aromatic carbocycles. The number of hydrogen-bond donors (Lipinski definition) is 0. The maximum atomic E-state index is 5.65. The topological polar surface area (TPSA) is 9.23 Å². The van der Waals surface area contributed by atoms with Crippen LogP contribution in [0.15, 0.2) is 36.6 Å². The zero-order valence-corrected chi connectivity index (χ0v) is 14.7. The third-order valence-corrected chi connectivity index (χ3v) is 4.11. The number of ether oxygens (including phenoxy) is 1. The summed E-state index contributed by atoms with van der Waals surface area (Å²) in [5.41, 5.74) is 1.19. The van der Waals surface area contributed by atoms with Gasteiger partial charge in [-0.25, -0.2) is 0 Å². The fraction of sp³-hybridized carbons (Fsp3) is 0.619. The minimum atomic E-state index is 0.960. The van der Waals surface area contributed by atoms with Gasteiger partial charge in [-0.05, 0) is 37.5 Å². The molecule has 0 N–H and O–H groups in total. The number of unbranched alkanes of at least 4 members (excludes halogenated alkanes) is 10. The van der Waals surface area contributed by atoms with Crippen molar-refractivity contribution in [3.05, 3.63) is 42.2 Å². The van der Waals surface area contributed by atoms with E-state index in [0.717, 1.165) is 12.2 Å². The second-order valence-corrected chi connectivity index (χ2v) is 6.23. The van der Waals surface area contributed by atoms with Crippen molar-refractivity contribution in [2.24, 2.45) is 0 Å². The van der Waals surface area contributed by atoms with Gasteiger partial charge in [0.15, 0.2) is 0 Å². The highest BCUT2D eigenvalue weighted by molar-refractivity contribution is 5.32. The molecule has 0 aliphatic rings. The van der Waals surface area contributed by atoms with Crippen LogP contribution in [0, 0.1) is 6.92 Å². The number of benzene rings is 1. The Labute approximate surface area is 137 Å². The maximum Gasteiger partial charge on any atom is 0.129 e. The summed E-state index contributed by atoms with van der Waals surface area (Å²) in [6, 6.07) is 8.14. The molecule has 0 bridgehead atoms. The van der Waals surface area contributed by atoms with Crippen molar-refractivity contribution in [3.8, 4) is 5.75 Å². The van der Waals surface area contributed by atoms with Crippen molar-refractivity contribution in [1.29, 1.82) is 0 Å². The van der Waals surface area contributed by atoms with Crippen LogP contribution in [0.25, 0.3) is 0 Å². The van der Waals surface area contributed by atoms with E-state index in [1.165, 1.54) is 69.8 Å². The summed E-state index contributed by atoms with van der Waals surface area (Å²) in [7, 11) is 0. The Morgan fingerprint density at radius 3 is 2.05 bits per heavy atom. The quantitative estimate of drug-likeness (QED) is 0.276. The highest BCUT2D eigenvalue weighted by Crippen LogP contribution is 2.16. The van der Waals surface area contributed by atoms with Gasteiger partial charge in [0, 0.05) is 0 Å². The highest BCUT2D eigenvalue weighted by Gasteiger charge is 1.94. The third-order valence-electron chi connectivity index (χ3n) is 4.11. The number of allylic oxidation sites excluding steroid dienone is 1. The molecule has 0 amide bonds. The fourth-order valence-corrected chi connectivity index (χ4v) is 2.63. The summed E-state index contributed by atoms with van der Waals surface area (Å²) in [5.74, 6) is 0.960. The van der Waals surface area contributed by atoms with Crippen LogP contribution in [0.2, 0.25) is 0 Å². The number of rotatable bonds is 13. The first-order valence-electron chi connectivity index (χ1n) is 9.22. The normalized spacial score (nSPS) is 11.2. The molecular weight excluding hydrogens is 268 g/mol. The molecule has 0 fully saturated rings. The molecule has 0 radical (unpaired) electrons. The van der Waals surface area contributed by atoms with Crippen LogP contribution in [-0.4, -0.2) is 0 Å². The Balaban J connectivity index is 1.89. The van der Waals surface area contributed by atoms with Gasteiger partial charge in [0.2, 0.25) is 0 Å². The van der Waals surface area contributed by atoms with Crippen LogP contribution in [-0.2, 0) is 0 Å². The summed E-state index contributed by atoms with van der Waals surface area (Å²) in [4.78, 5) is 0. The van der Waals surface area contributed by atoms with Gasteiger partial charge in [0.25, 0.3) is 0 Å². The molecule has 0 aromatic heterocycles. The monoisotopic (exact) mass is 302 g/mol. The van der Waals surface area contributed by atoms with Gasteiger partial charge in [0.1, 0.15) is 5.75 Å². The molecule has 0 saturated heterocycles. The molecule has 1 rings (SSSR count). The van der Waals surface area contributed by atoms with E-state index in [4.69, 9.17) is 4.74 Å². The predicted octanol–water partition coefficient (Wildman–Crippen LogP) is 7.20. The Morgan fingerprint density at radius 1 is 0.818 bits per heavy atom. The fourth-order valence-electron chi connectivity index (χ4n) is 2.63. The van der Waals surface area contributed by atoms with Crippen LogP contribution >= 0.6 is 0 Å². The Hall–Kier alpha value is -1.24. The van der Waals surface area contributed by atoms with Gasteiger partial charge < -0.3 is 4.74 Å². The van der Waals surface area contributed by atoms with Crippen molar-refractivity contribution < 1.29 is 4.74 Å². The lowest BCUT2D eigenvalue weighted by Gasteiger charge is -2.03. The minimum absolute atomic E-state index is 0.960. The molecular formula is C21H34O.